The van der Waals surface area contributed by atoms with Gasteiger partial charge < -0.3 is 4.90 Å². The molecule has 22 heavy (non-hydrogen) atoms. The maximum Gasteiger partial charge on any atom is 0.243 e. The molecule has 0 saturated carbocycles. The Bertz CT molecular complexity index is 662. The second-order valence-corrected chi connectivity index (χ2v) is 8.28. The van der Waals surface area contributed by atoms with E-state index in [9.17, 15) is 12.8 Å². The molecule has 6 heteroatoms. The summed E-state index contributed by atoms with van der Waals surface area (Å²) in [6.07, 6.45) is 3.96. The van der Waals surface area contributed by atoms with Gasteiger partial charge in [-0.15, -0.1) is 0 Å². The van der Waals surface area contributed by atoms with E-state index in [4.69, 9.17) is 0 Å². The molecule has 2 aliphatic heterocycles. The first-order valence-electron chi connectivity index (χ1n) is 7.89. The van der Waals surface area contributed by atoms with Crippen LogP contribution in [0.5, 0.6) is 0 Å². The highest BCUT2D eigenvalue weighted by Crippen LogP contribution is 2.34. The highest BCUT2D eigenvalue weighted by Gasteiger charge is 2.43. The lowest BCUT2D eigenvalue weighted by atomic mass is 10.1. The van der Waals surface area contributed by atoms with Crippen LogP contribution in [0.4, 0.5) is 4.39 Å². The van der Waals surface area contributed by atoms with Crippen molar-refractivity contribution in [2.75, 3.05) is 20.1 Å². The van der Waals surface area contributed by atoms with Gasteiger partial charge in [0, 0.05) is 18.6 Å². The molecule has 2 atom stereocenters. The van der Waals surface area contributed by atoms with Crippen molar-refractivity contribution in [3.8, 4) is 0 Å². The second kappa shape index (κ2) is 5.91. The molecule has 1 aromatic carbocycles. The third-order valence-electron chi connectivity index (χ3n) is 5.01. The molecule has 0 amide bonds. The van der Waals surface area contributed by atoms with Crippen LogP contribution in [0, 0.1) is 12.7 Å². The fourth-order valence-corrected chi connectivity index (χ4v) is 5.77. The van der Waals surface area contributed by atoms with Crippen molar-refractivity contribution in [1.29, 1.82) is 0 Å². The summed E-state index contributed by atoms with van der Waals surface area (Å²) in [5.74, 6) is -0.398. The van der Waals surface area contributed by atoms with Gasteiger partial charge in [0.05, 0.1) is 4.90 Å². The third kappa shape index (κ3) is 2.68. The molecule has 2 aliphatic rings. The highest BCUT2D eigenvalue weighted by atomic mass is 32.2. The fourth-order valence-electron chi connectivity index (χ4n) is 3.87. The molecule has 0 unspecified atom stereocenters. The first-order valence-corrected chi connectivity index (χ1v) is 9.33. The molecule has 1 aromatic rings. The topological polar surface area (TPSA) is 40.6 Å². The van der Waals surface area contributed by atoms with Crippen LogP contribution in [0.1, 0.15) is 31.2 Å². The number of hydrogen-bond donors (Lipinski definition) is 0. The lowest BCUT2D eigenvalue weighted by molar-refractivity contribution is 0.219. The smallest absolute Gasteiger partial charge is 0.243 e. The SMILES string of the molecule is Cc1cc(F)ccc1S(=O)(=O)N1CC[C@@H]2[C@H]1CCCCN2C. The maximum atomic E-state index is 13.3. The summed E-state index contributed by atoms with van der Waals surface area (Å²) in [7, 11) is -1.47. The van der Waals surface area contributed by atoms with Gasteiger partial charge in [-0.3, -0.25) is 0 Å². The highest BCUT2D eigenvalue weighted by molar-refractivity contribution is 7.89. The quantitative estimate of drug-likeness (QED) is 0.838. The molecule has 0 bridgehead atoms. The Kier molecular flexibility index (Phi) is 4.27. The number of fused-ring (bicyclic) bond motifs is 1. The van der Waals surface area contributed by atoms with Crippen LogP contribution in [-0.2, 0) is 10.0 Å². The fraction of sp³-hybridized carbons (Fsp3) is 0.625. The molecular weight excluding hydrogens is 303 g/mol. The Morgan fingerprint density at radius 3 is 2.64 bits per heavy atom. The summed E-state index contributed by atoms with van der Waals surface area (Å²) in [4.78, 5) is 2.53. The first kappa shape index (κ1) is 15.9. The van der Waals surface area contributed by atoms with Crippen LogP contribution < -0.4 is 0 Å². The largest absolute Gasteiger partial charge is 0.302 e. The summed E-state index contributed by atoms with van der Waals surface area (Å²) in [5.41, 5.74) is 0.477. The number of likely N-dealkylation sites (tertiary alicyclic amines) is 1. The van der Waals surface area contributed by atoms with E-state index in [2.05, 4.69) is 11.9 Å². The predicted octanol–water partition coefficient (Wildman–Crippen LogP) is 2.38. The van der Waals surface area contributed by atoms with E-state index in [0.29, 0.717) is 18.2 Å². The van der Waals surface area contributed by atoms with Crippen LogP contribution in [0.3, 0.4) is 0 Å². The summed E-state index contributed by atoms with van der Waals surface area (Å²) >= 11 is 0. The Balaban J connectivity index is 1.95. The van der Waals surface area contributed by atoms with Gasteiger partial charge in [-0.25, -0.2) is 12.8 Å². The van der Waals surface area contributed by atoms with Gasteiger partial charge in [0.2, 0.25) is 10.0 Å². The Hall–Kier alpha value is -0.980. The van der Waals surface area contributed by atoms with Crippen LogP contribution in [-0.4, -0.2) is 49.8 Å². The minimum Gasteiger partial charge on any atom is -0.302 e. The van der Waals surface area contributed by atoms with Crippen molar-refractivity contribution in [2.45, 2.75) is 49.6 Å². The van der Waals surface area contributed by atoms with Gasteiger partial charge in [-0.05, 0) is 63.5 Å². The molecule has 0 aromatic heterocycles. The molecular formula is C16H23FN2O2S. The van der Waals surface area contributed by atoms with E-state index in [-0.39, 0.29) is 10.9 Å². The van der Waals surface area contributed by atoms with Gasteiger partial charge in [0.15, 0.2) is 0 Å². The lowest BCUT2D eigenvalue weighted by Gasteiger charge is -2.30. The van der Waals surface area contributed by atoms with Gasteiger partial charge in [-0.1, -0.05) is 6.42 Å². The minimum absolute atomic E-state index is 0.0435. The van der Waals surface area contributed by atoms with Crippen molar-refractivity contribution >= 4 is 10.0 Å². The average molecular weight is 326 g/mol. The molecule has 2 fully saturated rings. The molecule has 0 N–H and O–H groups in total. The number of sulfonamides is 1. The van der Waals surface area contributed by atoms with E-state index in [1.807, 2.05) is 0 Å². The van der Waals surface area contributed by atoms with Crippen molar-refractivity contribution in [3.63, 3.8) is 0 Å². The number of aryl methyl sites for hydroxylation is 1. The maximum absolute atomic E-state index is 13.3. The summed E-state index contributed by atoms with van der Waals surface area (Å²) in [6.45, 7) is 3.24. The van der Waals surface area contributed by atoms with Gasteiger partial charge in [0.25, 0.3) is 0 Å². The van der Waals surface area contributed by atoms with Crippen molar-refractivity contribution in [1.82, 2.24) is 9.21 Å². The van der Waals surface area contributed by atoms with E-state index < -0.39 is 15.8 Å². The Labute approximate surface area is 132 Å². The number of hydrogen-bond acceptors (Lipinski definition) is 3. The molecule has 2 heterocycles. The number of halogens is 1. The second-order valence-electron chi connectivity index (χ2n) is 6.43. The zero-order chi connectivity index (χ0) is 15.9. The molecule has 122 valence electrons. The van der Waals surface area contributed by atoms with E-state index in [0.717, 1.165) is 32.2 Å². The molecule has 3 rings (SSSR count). The molecule has 2 saturated heterocycles. The predicted molar refractivity (Wildman–Crippen MR) is 83.7 cm³/mol. The standard InChI is InChI=1S/C16H23FN2O2S/c1-12-11-13(17)6-7-16(12)22(20,21)19-10-8-14-15(19)5-3-4-9-18(14)2/h6-7,11,14-15H,3-5,8-10H2,1-2H3/t14-,15-/m1/s1. The first-order chi connectivity index (χ1) is 10.4. The van der Waals surface area contributed by atoms with Crippen molar-refractivity contribution in [2.24, 2.45) is 0 Å². The van der Waals surface area contributed by atoms with Gasteiger partial charge in [-0.2, -0.15) is 4.31 Å². The van der Waals surface area contributed by atoms with Gasteiger partial charge in [0.1, 0.15) is 5.82 Å². The Morgan fingerprint density at radius 1 is 1.14 bits per heavy atom. The van der Waals surface area contributed by atoms with Crippen molar-refractivity contribution in [3.05, 3.63) is 29.6 Å². The Morgan fingerprint density at radius 2 is 1.91 bits per heavy atom. The molecule has 0 spiro atoms. The van der Waals surface area contributed by atoms with Crippen LogP contribution in [0.15, 0.2) is 23.1 Å². The molecule has 0 radical (unpaired) electrons. The van der Waals surface area contributed by atoms with Crippen LogP contribution in [0.25, 0.3) is 0 Å². The van der Waals surface area contributed by atoms with Crippen LogP contribution in [0.2, 0.25) is 0 Å². The van der Waals surface area contributed by atoms with E-state index in [1.165, 1.54) is 18.2 Å². The normalized spacial score (nSPS) is 27.6. The number of rotatable bonds is 2. The van der Waals surface area contributed by atoms with E-state index >= 15 is 0 Å². The van der Waals surface area contributed by atoms with Crippen molar-refractivity contribution < 1.29 is 12.8 Å². The molecule has 0 aliphatic carbocycles. The average Bonchev–Trinajstić information content (AvgIpc) is 2.79. The zero-order valence-electron chi connectivity index (χ0n) is 13.1. The van der Waals surface area contributed by atoms with E-state index in [1.54, 1.807) is 11.2 Å². The number of likely N-dealkylation sites (N-methyl/N-ethyl adjacent to an activating group) is 1. The van der Waals surface area contributed by atoms with Crippen LogP contribution >= 0.6 is 0 Å². The summed E-state index contributed by atoms with van der Waals surface area (Å²) in [6, 6.07) is 4.26. The minimum atomic E-state index is -3.56. The van der Waals surface area contributed by atoms with Gasteiger partial charge >= 0.3 is 0 Å². The summed E-state index contributed by atoms with van der Waals surface area (Å²) < 4.78 is 41.0. The monoisotopic (exact) mass is 326 g/mol. The number of benzene rings is 1. The molecule has 4 nitrogen and oxygen atoms in total. The number of nitrogens with zero attached hydrogens (tertiary/aromatic N) is 2. The summed E-state index contributed by atoms with van der Waals surface area (Å²) in [5, 5.41) is 0. The lowest BCUT2D eigenvalue weighted by Crippen LogP contribution is -2.44. The zero-order valence-corrected chi connectivity index (χ0v) is 13.9. The third-order valence-corrected chi connectivity index (χ3v) is 7.09.